The molecule has 1 atom stereocenters. The molecule has 1 amide bonds. The summed E-state index contributed by atoms with van der Waals surface area (Å²) in [7, 11) is 0. The van der Waals surface area contributed by atoms with E-state index >= 15 is 0 Å². The molecule has 0 saturated carbocycles. The highest BCUT2D eigenvalue weighted by Crippen LogP contribution is 2.10. The van der Waals surface area contributed by atoms with Gasteiger partial charge in [0.15, 0.2) is 5.11 Å². The Labute approximate surface area is 139 Å². The molecule has 0 aromatic rings. The predicted molar refractivity (Wildman–Crippen MR) is 93.5 cm³/mol. The first kappa shape index (κ1) is 19.2. The minimum Gasteiger partial charge on any atom is -0.376 e. The van der Waals surface area contributed by atoms with Crippen LogP contribution in [0.4, 0.5) is 0 Å². The third kappa shape index (κ3) is 9.95. The van der Waals surface area contributed by atoms with E-state index in [2.05, 4.69) is 23.1 Å². The average Bonchev–Trinajstić information content (AvgIpc) is 3.03. The zero-order valence-electron chi connectivity index (χ0n) is 13.8. The summed E-state index contributed by atoms with van der Waals surface area (Å²) in [5.41, 5.74) is 5.38. The second-order valence-corrected chi connectivity index (χ2v) is 6.30. The van der Waals surface area contributed by atoms with Crippen molar-refractivity contribution in [2.24, 2.45) is 0 Å². The van der Waals surface area contributed by atoms with Crippen molar-refractivity contribution in [2.45, 2.75) is 77.2 Å². The number of carbonyl (C=O) groups excluding carboxylic acids is 1. The fraction of sp³-hybridized carbons (Fsp3) is 0.875. The van der Waals surface area contributed by atoms with Crippen LogP contribution in [0.2, 0.25) is 0 Å². The molecule has 128 valence electrons. The lowest BCUT2D eigenvalue weighted by molar-refractivity contribution is -0.121. The maximum Gasteiger partial charge on any atom is 0.238 e. The Morgan fingerprint density at radius 1 is 1.14 bits per heavy atom. The predicted octanol–water partition coefficient (Wildman–Crippen LogP) is 2.80. The van der Waals surface area contributed by atoms with Crippen molar-refractivity contribution in [3.63, 3.8) is 0 Å². The molecule has 0 unspecified atom stereocenters. The van der Waals surface area contributed by atoms with Crippen molar-refractivity contribution in [3.8, 4) is 0 Å². The first-order valence-electron chi connectivity index (χ1n) is 8.66. The molecule has 1 saturated heterocycles. The third-order valence-corrected chi connectivity index (χ3v) is 4.08. The van der Waals surface area contributed by atoms with Crippen molar-refractivity contribution in [3.05, 3.63) is 0 Å². The Bertz CT molecular complexity index is 321. The van der Waals surface area contributed by atoms with Gasteiger partial charge in [-0.05, 0) is 31.5 Å². The van der Waals surface area contributed by atoms with Gasteiger partial charge in [0.1, 0.15) is 0 Å². The summed E-state index contributed by atoms with van der Waals surface area (Å²) in [6.07, 6.45) is 11.5. The van der Waals surface area contributed by atoms with Crippen molar-refractivity contribution in [2.75, 3.05) is 13.2 Å². The number of hydrazine groups is 1. The smallest absolute Gasteiger partial charge is 0.238 e. The maximum absolute atomic E-state index is 11.7. The maximum atomic E-state index is 11.7. The van der Waals surface area contributed by atoms with Crippen LogP contribution in [0.1, 0.15) is 71.1 Å². The van der Waals surface area contributed by atoms with E-state index in [1.807, 2.05) is 0 Å². The van der Waals surface area contributed by atoms with Gasteiger partial charge in [-0.1, -0.05) is 45.4 Å². The van der Waals surface area contributed by atoms with Gasteiger partial charge in [0.25, 0.3) is 0 Å². The summed E-state index contributed by atoms with van der Waals surface area (Å²) < 4.78 is 5.49. The number of hydrogen-bond donors (Lipinski definition) is 3. The number of thiocarbonyl (C=S) groups is 1. The van der Waals surface area contributed by atoms with Gasteiger partial charge in [-0.3, -0.25) is 15.6 Å². The standard InChI is InChI=1S/C16H31N3O2S/c1-2-3-4-5-6-7-8-11-15(20)18-19-16(22)17-13-14-10-9-12-21-14/h14H,2-13H2,1H3,(H,18,20)(H2,17,19,22)/t14-/m0/s1. The first-order valence-corrected chi connectivity index (χ1v) is 9.07. The van der Waals surface area contributed by atoms with E-state index < -0.39 is 0 Å². The molecule has 0 aromatic carbocycles. The molecule has 0 bridgehead atoms. The Morgan fingerprint density at radius 2 is 1.86 bits per heavy atom. The highest BCUT2D eigenvalue weighted by Gasteiger charge is 2.15. The van der Waals surface area contributed by atoms with Crippen LogP contribution in [-0.4, -0.2) is 30.3 Å². The van der Waals surface area contributed by atoms with Crippen molar-refractivity contribution < 1.29 is 9.53 Å². The second-order valence-electron chi connectivity index (χ2n) is 5.89. The molecule has 0 aromatic heterocycles. The lowest BCUT2D eigenvalue weighted by atomic mass is 10.1. The molecule has 5 nitrogen and oxygen atoms in total. The molecule has 1 aliphatic rings. The van der Waals surface area contributed by atoms with E-state index in [-0.39, 0.29) is 12.0 Å². The van der Waals surface area contributed by atoms with Gasteiger partial charge in [0.2, 0.25) is 5.91 Å². The Kier molecular flexibility index (Phi) is 11.0. The normalized spacial score (nSPS) is 17.2. The first-order chi connectivity index (χ1) is 10.7. The van der Waals surface area contributed by atoms with Crippen LogP contribution in [0.25, 0.3) is 0 Å². The molecule has 1 rings (SSSR count). The summed E-state index contributed by atoms with van der Waals surface area (Å²) in [4.78, 5) is 11.7. The van der Waals surface area contributed by atoms with Crippen LogP contribution in [0.5, 0.6) is 0 Å². The summed E-state index contributed by atoms with van der Waals surface area (Å²) in [5, 5.41) is 3.50. The van der Waals surface area contributed by atoms with Gasteiger partial charge in [-0.2, -0.15) is 0 Å². The van der Waals surface area contributed by atoms with Gasteiger partial charge in [-0.15, -0.1) is 0 Å². The molecule has 0 spiro atoms. The van der Waals surface area contributed by atoms with E-state index in [0.717, 1.165) is 32.3 Å². The number of nitrogens with one attached hydrogen (secondary N) is 3. The summed E-state index contributed by atoms with van der Waals surface area (Å²) in [5.74, 6) is -0.00479. The van der Waals surface area contributed by atoms with Crippen molar-refractivity contribution >= 4 is 23.2 Å². The van der Waals surface area contributed by atoms with Crippen LogP contribution in [0.15, 0.2) is 0 Å². The number of hydrogen-bond acceptors (Lipinski definition) is 3. The summed E-state index contributed by atoms with van der Waals surface area (Å²) in [6.45, 7) is 3.75. The average molecular weight is 330 g/mol. The van der Waals surface area contributed by atoms with Gasteiger partial charge < -0.3 is 10.1 Å². The minimum absolute atomic E-state index is 0.00479. The minimum atomic E-state index is -0.00479. The lowest BCUT2D eigenvalue weighted by Crippen LogP contribution is -2.48. The SMILES string of the molecule is CCCCCCCCCC(=O)NNC(=S)NC[C@@H]1CCCO1. The van der Waals surface area contributed by atoms with Gasteiger partial charge in [0, 0.05) is 19.6 Å². The van der Waals surface area contributed by atoms with Gasteiger partial charge in [0.05, 0.1) is 6.10 Å². The summed E-state index contributed by atoms with van der Waals surface area (Å²) in [6, 6.07) is 0. The van der Waals surface area contributed by atoms with E-state index in [4.69, 9.17) is 17.0 Å². The van der Waals surface area contributed by atoms with E-state index in [9.17, 15) is 4.79 Å². The highest BCUT2D eigenvalue weighted by molar-refractivity contribution is 7.80. The number of rotatable bonds is 10. The molecule has 6 heteroatoms. The van der Waals surface area contributed by atoms with Crippen molar-refractivity contribution in [1.29, 1.82) is 0 Å². The molecule has 1 aliphatic heterocycles. The quantitative estimate of drug-likeness (QED) is 0.327. The fourth-order valence-corrected chi connectivity index (χ4v) is 2.62. The van der Waals surface area contributed by atoms with E-state index in [1.165, 1.54) is 32.1 Å². The largest absolute Gasteiger partial charge is 0.376 e. The van der Waals surface area contributed by atoms with Crippen LogP contribution in [-0.2, 0) is 9.53 Å². The number of carbonyl (C=O) groups is 1. The van der Waals surface area contributed by atoms with Crippen molar-refractivity contribution in [1.82, 2.24) is 16.2 Å². The fourth-order valence-electron chi connectivity index (χ4n) is 2.49. The Hall–Kier alpha value is -0.880. The molecule has 0 radical (unpaired) electrons. The van der Waals surface area contributed by atoms with Crippen LogP contribution in [0, 0.1) is 0 Å². The Morgan fingerprint density at radius 3 is 2.55 bits per heavy atom. The van der Waals surface area contributed by atoms with Gasteiger partial charge in [-0.25, -0.2) is 0 Å². The van der Waals surface area contributed by atoms with Crippen LogP contribution >= 0.6 is 12.2 Å². The van der Waals surface area contributed by atoms with E-state index in [0.29, 0.717) is 18.1 Å². The number of unbranched alkanes of at least 4 members (excludes halogenated alkanes) is 6. The molecule has 1 fully saturated rings. The molecule has 0 aliphatic carbocycles. The topological polar surface area (TPSA) is 62.4 Å². The van der Waals surface area contributed by atoms with E-state index in [1.54, 1.807) is 0 Å². The monoisotopic (exact) mass is 329 g/mol. The molecular formula is C16H31N3O2S. The zero-order valence-corrected chi connectivity index (χ0v) is 14.6. The summed E-state index contributed by atoms with van der Waals surface area (Å²) >= 11 is 5.11. The molecule has 22 heavy (non-hydrogen) atoms. The highest BCUT2D eigenvalue weighted by atomic mass is 32.1. The van der Waals surface area contributed by atoms with Gasteiger partial charge >= 0.3 is 0 Å². The Balaban J connectivity index is 1.90. The molecule has 3 N–H and O–H groups in total. The van der Waals surface area contributed by atoms with Crippen LogP contribution < -0.4 is 16.2 Å². The number of amides is 1. The second kappa shape index (κ2) is 12.6. The van der Waals surface area contributed by atoms with Crippen LogP contribution in [0.3, 0.4) is 0 Å². The molecule has 1 heterocycles. The number of ether oxygens (including phenoxy) is 1. The lowest BCUT2D eigenvalue weighted by Gasteiger charge is -2.14. The zero-order chi connectivity index (χ0) is 16.0. The molecular weight excluding hydrogens is 298 g/mol. The third-order valence-electron chi connectivity index (χ3n) is 3.84.